The Balaban J connectivity index is 1.83. The van der Waals surface area contributed by atoms with E-state index in [2.05, 4.69) is 16.0 Å². The van der Waals surface area contributed by atoms with Gasteiger partial charge in [0.2, 0.25) is 11.8 Å². The van der Waals surface area contributed by atoms with Crippen molar-refractivity contribution in [2.45, 2.75) is 13.0 Å². The van der Waals surface area contributed by atoms with Crippen LogP contribution in [0.25, 0.3) is 11.1 Å². The Morgan fingerprint density at radius 1 is 0.926 bits per heavy atom. The molecule has 3 amide bonds. The molecule has 0 saturated carbocycles. The molecule has 7 heteroatoms. The summed E-state index contributed by atoms with van der Waals surface area (Å²) in [5.41, 5.74) is 2.46. The van der Waals surface area contributed by atoms with Gasteiger partial charge in [-0.05, 0) is 30.2 Å². The van der Waals surface area contributed by atoms with Gasteiger partial charge in [-0.2, -0.15) is 0 Å². The van der Waals surface area contributed by atoms with E-state index in [1.165, 1.54) is 6.92 Å². The number of rotatable bonds is 8. The zero-order valence-corrected chi connectivity index (χ0v) is 14.9. The summed E-state index contributed by atoms with van der Waals surface area (Å²) in [6, 6.07) is 16.0. The number of amides is 3. The molecule has 0 radical (unpaired) electrons. The molecule has 0 heterocycles. The van der Waals surface area contributed by atoms with Gasteiger partial charge >= 0.3 is 0 Å². The Bertz CT molecular complexity index is 804. The van der Waals surface area contributed by atoms with Gasteiger partial charge in [-0.1, -0.05) is 42.5 Å². The molecule has 0 spiro atoms. The van der Waals surface area contributed by atoms with Crippen molar-refractivity contribution in [1.82, 2.24) is 16.0 Å². The van der Waals surface area contributed by atoms with Crippen molar-refractivity contribution >= 4 is 24.0 Å². The lowest BCUT2D eigenvalue weighted by Gasteiger charge is -2.13. The molecule has 0 bridgehead atoms. The van der Waals surface area contributed by atoms with Gasteiger partial charge in [0.05, 0.1) is 13.1 Å². The van der Waals surface area contributed by atoms with Gasteiger partial charge in [-0.3, -0.25) is 14.4 Å². The van der Waals surface area contributed by atoms with E-state index in [0.29, 0.717) is 11.8 Å². The maximum absolute atomic E-state index is 12.1. The molecule has 27 heavy (non-hydrogen) atoms. The van der Waals surface area contributed by atoms with Crippen molar-refractivity contribution in [3.63, 3.8) is 0 Å². The zero-order valence-electron chi connectivity index (χ0n) is 14.9. The van der Waals surface area contributed by atoms with Crippen LogP contribution in [0.5, 0.6) is 0 Å². The highest BCUT2D eigenvalue weighted by Crippen LogP contribution is 2.19. The third-order valence-electron chi connectivity index (χ3n) is 3.79. The molecule has 0 aliphatic rings. The van der Waals surface area contributed by atoms with E-state index in [1.54, 1.807) is 12.1 Å². The topological polar surface area (TPSA) is 104 Å². The number of carbonyl (C=O) groups is 4. The average molecular weight is 367 g/mol. The summed E-state index contributed by atoms with van der Waals surface area (Å²) < 4.78 is 0. The standard InChI is InChI=1S/C20H21N3O4/c1-14(19(26)21-11-12-24)23-18(25)13-22-20(27)17-9-7-16(8-10-17)15-5-3-2-4-6-15/h2-10,12,14H,11,13H2,1H3,(H,21,26)(H,22,27)(H,23,25). The van der Waals surface area contributed by atoms with Gasteiger partial charge in [0.1, 0.15) is 12.3 Å². The van der Waals surface area contributed by atoms with Crippen molar-refractivity contribution in [3.05, 3.63) is 60.2 Å². The predicted octanol–water partition coefficient (Wildman–Crippen LogP) is 0.903. The molecule has 140 valence electrons. The zero-order chi connectivity index (χ0) is 19.6. The SMILES string of the molecule is CC(NC(=O)CNC(=O)c1ccc(-c2ccccc2)cc1)C(=O)NCC=O. The second-order valence-electron chi connectivity index (χ2n) is 5.83. The molecule has 0 aliphatic heterocycles. The highest BCUT2D eigenvalue weighted by molar-refractivity contribution is 5.97. The number of benzene rings is 2. The Kier molecular flexibility index (Phi) is 7.25. The lowest BCUT2D eigenvalue weighted by molar-refractivity contribution is -0.128. The van der Waals surface area contributed by atoms with Gasteiger partial charge in [0.25, 0.3) is 5.91 Å². The normalized spacial score (nSPS) is 11.1. The predicted molar refractivity (Wildman–Crippen MR) is 101 cm³/mol. The van der Waals surface area contributed by atoms with Crippen LogP contribution in [0.2, 0.25) is 0 Å². The van der Waals surface area contributed by atoms with E-state index in [4.69, 9.17) is 0 Å². The molecule has 7 nitrogen and oxygen atoms in total. The Labute approximate surface area is 157 Å². The van der Waals surface area contributed by atoms with Crippen LogP contribution < -0.4 is 16.0 Å². The summed E-state index contributed by atoms with van der Waals surface area (Å²) in [7, 11) is 0. The van der Waals surface area contributed by atoms with Gasteiger partial charge in [0.15, 0.2) is 0 Å². The first kappa shape index (κ1) is 19.8. The monoisotopic (exact) mass is 367 g/mol. The summed E-state index contributed by atoms with van der Waals surface area (Å²) in [6.07, 6.45) is 0.551. The first-order valence-corrected chi connectivity index (χ1v) is 8.45. The van der Waals surface area contributed by atoms with Crippen molar-refractivity contribution < 1.29 is 19.2 Å². The lowest BCUT2D eigenvalue weighted by atomic mass is 10.0. The minimum atomic E-state index is -0.806. The maximum atomic E-state index is 12.1. The van der Waals surface area contributed by atoms with Crippen LogP contribution in [0, 0.1) is 0 Å². The molecule has 0 fully saturated rings. The van der Waals surface area contributed by atoms with E-state index < -0.39 is 17.9 Å². The van der Waals surface area contributed by atoms with Gasteiger partial charge in [-0.25, -0.2) is 0 Å². The van der Waals surface area contributed by atoms with Gasteiger partial charge in [0, 0.05) is 5.56 Å². The molecule has 2 aromatic rings. The van der Waals surface area contributed by atoms with Crippen molar-refractivity contribution in [1.29, 1.82) is 0 Å². The summed E-state index contributed by atoms with van der Waals surface area (Å²) in [5, 5.41) is 7.29. The summed E-state index contributed by atoms with van der Waals surface area (Å²) in [6.45, 7) is 1.11. The van der Waals surface area contributed by atoms with Crippen molar-refractivity contribution in [2.24, 2.45) is 0 Å². The lowest BCUT2D eigenvalue weighted by Crippen LogP contribution is -2.48. The third-order valence-corrected chi connectivity index (χ3v) is 3.79. The Hall–Kier alpha value is -3.48. The van der Waals surface area contributed by atoms with Crippen LogP contribution >= 0.6 is 0 Å². The Morgan fingerprint density at radius 3 is 2.19 bits per heavy atom. The smallest absolute Gasteiger partial charge is 0.251 e. The number of hydrogen-bond donors (Lipinski definition) is 3. The van der Waals surface area contributed by atoms with Crippen molar-refractivity contribution in [2.75, 3.05) is 13.1 Å². The van der Waals surface area contributed by atoms with E-state index >= 15 is 0 Å². The van der Waals surface area contributed by atoms with Crippen LogP contribution in [-0.2, 0) is 14.4 Å². The van der Waals surface area contributed by atoms with Crippen LogP contribution in [0.15, 0.2) is 54.6 Å². The molecule has 3 N–H and O–H groups in total. The van der Waals surface area contributed by atoms with Gasteiger partial charge in [-0.15, -0.1) is 0 Å². The fourth-order valence-corrected chi connectivity index (χ4v) is 2.36. The third kappa shape index (κ3) is 6.07. The average Bonchev–Trinajstić information content (AvgIpc) is 2.70. The highest BCUT2D eigenvalue weighted by Gasteiger charge is 2.15. The molecule has 0 aliphatic carbocycles. The second-order valence-corrected chi connectivity index (χ2v) is 5.83. The molecule has 0 saturated heterocycles. The minimum Gasteiger partial charge on any atom is -0.348 e. The van der Waals surface area contributed by atoms with E-state index in [0.717, 1.165) is 11.1 Å². The number of carbonyl (C=O) groups excluding carboxylic acids is 4. The fourth-order valence-electron chi connectivity index (χ4n) is 2.36. The Morgan fingerprint density at radius 2 is 1.56 bits per heavy atom. The van der Waals surface area contributed by atoms with E-state index in [9.17, 15) is 19.2 Å². The first-order chi connectivity index (χ1) is 13.0. The molecule has 1 unspecified atom stereocenters. The summed E-state index contributed by atoms with van der Waals surface area (Å²) in [4.78, 5) is 45.8. The molecule has 1 atom stereocenters. The number of hydrogen-bond acceptors (Lipinski definition) is 4. The van der Waals surface area contributed by atoms with Crippen LogP contribution in [-0.4, -0.2) is 43.1 Å². The van der Waals surface area contributed by atoms with Crippen LogP contribution in [0.4, 0.5) is 0 Å². The first-order valence-electron chi connectivity index (χ1n) is 8.45. The van der Waals surface area contributed by atoms with E-state index in [-0.39, 0.29) is 19.0 Å². The van der Waals surface area contributed by atoms with Gasteiger partial charge < -0.3 is 20.7 Å². The van der Waals surface area contributed by atoms with Crippen molar-refractivity contribution in [3.8, 4) is 11.1 Å². The highest BCUT2D eigenvalue weighted by atomic mass is 16.2. The summed E-state index contributed by atoms with van der Waals surface area (Å²) >= 11 is 0. The molecule has 2 rings (SSSR count). The quantitative estimate of drug-likeness (QED) is 0.603. The maximum Gasteiger partial charge on any atom is 0.251 e. The van der Waals surface area contributed by atoms with Crippen LogP contribution in [0.1, 0.15) is 17.3 Å². The summed E-state index contributed by atoms with van der Waals surface area (Å²) in [5.74, 6) is -1.36. The number of nitrogens with one attached hydrogen (secondary N) is 3. The minimum absolute atomic E-state index is 0.116. The largest absolute Gasteiger partial charge is 0.348 e. The molecular formula is C20H21N3O4. The fraction of sp³-hybridized carbons (Fsp3) is 0.200. The number of aldehydes is 1. The second kappa shape index (κ2) is 9.86. The molecule has 2 aromatic carbocycles. The van der Waals surface area contributed by atoms with Crippen LogP contribution in [0.3, 0.4) is 0 Å². The molecule has 0 aromatic heterocycles. The molecular weight excluding hydrogens is 346 g/mol. The van der Waals surface area contributed by atoms with E-state index in [1.807, 2.05) is 42.5 Å².